The van der Waals surface area contributed by atoms with Crippen LogP contribution < -0.4 is 5.32 Å². The fourth-order valence-electron chi connectivity index (χ4n) is 0.739. The quantitative estimate of drug-likeness (QED) is 0.719. The van der Waals surface area contributed by atoms with Crippen LogP contribution in [-0.2, 0) is 14.3 Å². The lowest BCUT2D eigenvalue weighted by Crippen LogP contribution is -2.52. The van der Waals surface area contributed by atoms with E-state index in [-0.39, 0.29) is 0 Å². The van der Waals surface area contributed by atoms with Gasteiger partial charge in [0.15, 0.2) is 6.04 Å². The molecule has 0 aliphatic rings. The summed E-state index contributed by atoms with van der Waals surface area (Å²) in [5.41, 5.74) is 0. The van der Waals surface area contributed by atoms with Crippen molar-refractivity contribution >= 4 is 11.9 Å². The highest BCUT2D eigenvalue weighted by Gasteiger charge is 2.42. The van der Waals surface area contributed by atoms with Crippen molar-refractivity contribution in [3.63, 3.8) is 0 Å². The van der Waals surface area contributed by atoms with Gasteiger partial charge in [-0.2, -0.15) is 13.2 Å². The molecule has 1 amide bonds. The Morgan fingerprint density at radius 3 is 2.13 bits per heavy atom. The summed E-state index contributed by atoms with van der Waals surface area (Å²) in [7, 11) is 1.13. The molecule has 0 radical (unpaired) electrons. The number of amides is 1. The third-order valence-corrected chi connectivity index (χ3v) is 1.65. The fraction of sp³-hybridized carbons (Fsp3) is 0.714. The zero-order valence-electron chi connectivity index (χ0n) is 7.96. The van der Waals surface area contributed by atoms with Crippen molar-refractivity contribution in [2.24, 2.45) is 0 Å². The summed E-state index contributed by atoms with van der Waals surface area (Å²) in [4.78, 5) is 20.9. The first-order valence-electron chi connectivity index (χ1n) is 3.83. The lowest BCUT2D eigenvalue weighted by Gasteiger charge is -2.20. The van der Waals surface area contributed by atoms with Gasteiger partial charge in [-0.05, 0) is 6.92 Å². The summed E-state index contributed by atoms with van der Waals surface area (Å²) in [5.74, 6) is -3.90. The normalized spacial score (nSPS) is 15.5. The lowest BCUT2D eigenvalue weighted by molar-refractivity contribution is -0.176. The van der Waals surface area contributed by atoms with E-state index in [4.69, 9.17) is 5.11 Å². The van der Waals surface area contributed by atoms with Crippen LogP contribution in [0.3, 0.4) is 0 Å². The molecule has 2 atom stereocenters. The van der Waals surface area contributed by atoms with E-state index in [1.165, 1.54) is 12.2 Å². The van der Waals surface area contributed by atoms with Crippen LogP contribution in [0, 0.1) is 0 Å². The number of hydrogen-bond donors (Lipinski definition) is 2. The molecule has 15 heavy (non-hydrogen) atoms. The topological polar surface area (TPSA) is 75.6 Å². The minimum atomic E-state index is -5.11. The molecule has 2 N–H and O–H groups in total. The predicted molar refractivity (Wildman–Crippen MR) is 42.1 cm³/mol. The molecule has 0 bridgehead atoms. The largest absolute Gasteiger partial charge is 0.480 e. The van der Waals surface area contributed by atoms with Crippen LogP contribution in [0.2, 0.25) is 0 Å². The van der Waals surface area contributed by atoms with Crippen LogP contribution >= 0.6 is 0 Å². The molecule has 88 valence electrons. The first-order valence-corrected chi connectivity index (χ1v) is 3.83. The van der Waals surface area contributed by atoms with E-state index in [0.717, 1.165) is 7.11 Å². The van der Waals surface area contributed by atoms with E-state index in [2.05, 4.69) is 4.74 Å². The Morgan fingerprint density at radius 2 is 1.87 bits per heavy atom. The zero-order chi connectivity index (χ0) is 12.2. The Bertz CT molecular complexity index is 253. The van der Waals surface area contributed by atoms with Crippen LogP contribution in [-0.4, -0.2) is 42.4 Å². The third kappa shape index (κ3) is 4.15. The number of methoxy groups -OCH3 is 1. The Kier molecular flexibility index (Phi) is 4.53. The molecule has 0 aromatic heterocycles. The molecule has 0 aliphatic carbocycles. The summed E-state index contributed by atoms with van der Waals surface area (Å²) < 4.78 is 39.9. The summed E-state index contributed by atoms with van der Waals surface area (Å²) in [5, 5.41) is 9.85. The number of alkyl halides is 3. The maximum atomic E-state index is 11.8. The molecule has 0 heterocycles. The van der Waals surface area contributed by atoms with Gasteiger partial charge in [-0.25, -0.2) is 4.79 Å². The third-order valence-electron chi connectivity index (χ3n) is 1.65. The second-order valence-electron chi connectivity index (χ2n) is 2.73. The van der Waals surface area contributed by atoms with Crippen molar-refractivity contribution in [1.82, 2.24) is 5.32 Å². The number of carbonyl (C=O) groups is 2. The average molecular weight is 229 g/mol. The van der Waals surface area contributed by atoms with Crippen molar-refractivity contribution in [1.29, 1.82) is 0 Å². The minimum Gasteiger partial charge on any atom is -0.480 e. The van der Waals surface area contributed by atoms with Gasteiger partial charge in [-0.1, -0.05) is 0 Å². The van der Waals surface area contributed by atoms with Gasteiger partial charge in [0, 0.05) is 7.11 Å². The predicted octanol–water partition coefficient (Wildman–Crippen LogP) is 0.153. The number of ether oxygens (including phenoxy) is 1. The number of carboxylic acid groups (broad SMARTS) is 1. The van der Waals surface area contributed by atoms with Gasteiger partial charge in [0.05, 0.1) is 6.10 Å². The molecule has 0 aliphatic heterocycles. The molecule has 5 nitrogen and oxygen atoms in total. The van der Waals surface area contributed by atoms with Gasteiger partial charge in [0.2, 0.25) is 0 Å². The SMILES string of the molecule is CO[C@@H](C)[C@@H](NC(=O)C(F)(F)F)C(=O)O. The van der Waals surface area contributed by atoms with Crippen molar-refractivity contribution in [3.8, 4) is 0 Å². The Hall–Kier alpha value is -1.31. The number of hydrogen-bond acceptors (Lipinski definition) is 3. The molecular formula is C7H10F3NO4. The smallest absolute Gasteiger partial charge is 0.471 e. The molecule has 0 rings (SSSR count). The molecule has 0 aromatic carbocycles. The van der Waals surface area contributed by atoms with Gasteiger partial charge in [-0.3, -0.25) is 4.79 Å². The van der Waals surface area contributed by atoms with Crippen molar-refractivity contribution in [2.45, 2.75) is 25.2 Å². The number of nitrogens with one attached hydrogen (secondary N) is 1. The number of aliphatic carboxylic acids is 1. The number of rotatable bonds is 4. The van der Waals surface area contributed by atoms with Gasteiger partial charge < -0.3 is 15.2 Å². The number of halogens is 3. The molecular weight excluding hydrogens is 219 g/mol. The molecule has 0 unspecified atom stereocenters. The molecule has 0 spiro atoms. The maximum Gasteiger partial charge on any atom is 0.471 e. The van der Waals surface area contributed by atoms with E-state index >= 15 is 0 Å². The molecule has 0 saturated carbocycles. The van der Waals surface area contributed by atoms with Gasteiger partial charge >= 0.3 is 18.1 Å². The molecule has 0 fully saturated rings. The lowest BCUT2D eigenvalue weighted by atomic mass is 10.2. The van der Waals surface area contributed by atoms with Crippen LogP contribution in [0.15, 0.2) is 0 Å². The standard InChI is InChI=1S/C7H10F3NO4/c1-3(15-2)4(5(12)13)11-6(14)7(8,9)10/h3-4H,1-2H3,(H,11,14)(H,12,13)/t3-,4+/m0/s1. The van der Waals surface area contributed by atoms with E-state index < -0.39 is 30.2 Å². The summed E-state index contributed by atoms with van der Waals surface area (Å²) in [6.45, 7) is 1.23. The highest BCUT2D eigenvalue weighted by Crippen LogP contribution is 2.15. The highest BCUT2D eigenvalue weighted by molar-refractivity contribution is 5.87. The second-order valence-corrected chi connectivity index (χ2v) is 2.73. The second kappa shape index (κ2) is 4.96. The molecule has 8 heteroatoms. The monoisotopic (exact) mass is 229 g/mol. The summed E-state index contributed by atoms with van der Waals surface area (Å²) in [6, 6.07) is -1.73. The van der Waals surface area contributed by atoms with E-state index in [0.29, 0.717) is 0 Å². The van der Waals surface area contributed by atoms with Gasteiger partial charge in [0.25, 0.3) is 0 Å². The Balaban J connectivity index is 4.57. The number of carbonyl (C=O) groups excluding carboxylic acids is 1. The van der Waals surface area contributed by atoms with E-state index in [9.17, 15) is 22.8 Å². The highest BCUT2D eigenvalue weighted by atomic mass is 19.4. The van der Waals surface area contributed by atoms with Gasteiger partial charge in [0.1, 0.15) is 0 Å². The van der Waals surface area contributed by atoms with Crippen molar-refractivity contribution in [3.05, 3.63) is 0 Å². The van der Waals surface area contributed by atoms with Crippen LogP contribution in [0.4, 0.5) is 13.2 Å². The number of carboxylic acids is 1. The Morgan fingerprint density at radius 1 is 1.40 bits per heavy atom. The molecule has 0 aromatic rings. The average Bonchev–Trinajstić information content (AvgIpc) is 2.10. The van der Waals surface area contributed by atoms with Crippen molar-refractivity contribution < 1.29 is 32.6 Å². The fourth-order valence-corrected chi connectivity index (χ4v) is 0.739. The van der Waals surface area contributed by atoms with E-state index in [1.54, 1.807) is 0 Å². The zero-order valence-corrected chi connectivity index (χ0v) is 7.96. The first-order chi connectivity index (χ1) is 6.70. The van der Waals surface area contributed by atoms with Gasteiger partial charge in [-0.15, -0.1) is 0 Å². The maximum absolute atomic E-state index is 11.8. The first kappa shape index (κ1) is 13.7. The summed E-state index contributed by atoms with van der Waals surface area (Å²) >= 11 is 0. The molecule has 0 saturated heterocycles. The van der Waals surface area contributed by atoms with E-state index in [1.807, 2.05) is 0 Å². The minimum absolute atomic E-state index is 1.06. The van der Waals surface area contributed by atoms with Crippen LogP contribution in [0.5, 0.6) is 0 Å². The van der Waals surface area contributed by atoms with Crippen molar-refractivity contribution in [2.75, 3.05) is 7.11 Å². The summed E-state index contributed by atoms with van der Waals surface area (Å²) in [6.07, 6.45) is -6.17. The Labute approximate surface area is 83.2 Å². The van der Waals surface area contributed by atoms with Crippen LogP contribution in [0.25, 0.3) is 0 Å². The van der Waals surface area contributed by atoms with Crippen LogP contribution in [0.1, 0.15) is 6.92 Å².